The van der Waals surface area contributed by atoms with Crippen LogP contribution < -0.4 is 5.32 Å². The van der Waals surface area contributed by atoms with E-state index in [1.54, 1.807) is 0 Å². The molecule has 80 heavy (non-hydrogen) atoms. The summed E-state index contributed by atoms with van der Waals surface area (Å²) in [6.45, 7) is 5.01. The highest BCUT2D eigenvalue weighted by Crippen LogP contribution is 2.20. The number of carbonyl (C=O) groups is 2. The van der Waals surface area contributed by atoms with E-state index in [-0.39, 0.29) is 18.5 Å². The fourth-order valence-corrected chi connectivity index (χ4v) is 12.2. The maximum absolute atomic E-state index is 12.5. The molecule has 0 aliphatic rings. The lowest BCUT2D eigenvalue weighted by Gasteiger charge is -2.22. The van der Waals surface area contributed by atoms with Crippen LogP contribution in [0.2, 0.25) is 0 Å². The third kappa shape index (κ3) is 66.0. The summed E-state index contributed by atoms with van der Waals surface area (Å²) in [7, 11) is 0. The Morgan fingerprint density at radius 2 is 0.512 bits per heavy atom. The molecule has 0 saturated carbocycles. The zero-order valence-electron chi connectivity index (χ0n) is 54.9. The summed E-state index contributed by atoms with van der Waals surface area (Å²) in [5, 5.41) is 23.4. The SMILES string of the molecule is CCCCCCCCCCCCCCCCCCCCCC(O)C(CO)NC(=O)CCCCCCCCCCCCCCCCCCCCCCCCCCCCCCCCCOC(=O)CCCCCCCCCCCCCCC. The van der Waals surface area contributed by atoms with E-state index < -0.39 is 12.1 Å². The molecular formula is C74H147NO5. The van der Waals surface area contributed by atoms with Gasteiger partial charge < -0.3 is 20.3 Å². The second-order valence-electron chi connectivity index (χ2n) is 26.0. The van der Waals surface area contributed by atoms with Crippen LogP contribution in [0, 0.1) is 0 Å². The summed E-state index contributed by atoms with van der Waals surface area (Å²) < 4.78 is 5.49. The predicted molar refractivity (Wildman–Crippen MR) is 352 cm³/mol. The van der Waals surface area contributed by atoms with E-state index in [9.17, 15) is 19.8 Å². The second-order valence-corrected chi connectivity index (χ2v) is 26.0. The zero-order chi connectivity index (χ0) is 57.8. The highest BCUT2D eigenvalue weighted by Gasteiger charge is 2.20. The molecule has 0 heterocycles. The van der Waals surface area contributed by atoms with Crippen molar-refractivity contribution < 1.29 is 24.5 Å². The molecule has 3 N–H and O–H groups in total. The van der Waals surface area contributed by atoms with E-state index >= 15 is 0 Å². The molecule has 6 heteroatoms. The van der Waals surface area contributed by atoms with Gasteiger partial charge in [0.15, 0.2) is 0 Å². The van der Waals surface area contributed by atoms with Gasteiger partial charge in [-0.25, -0.2) is 0 Å². The van der Waals surface area contributed by atoms with E-state index in [1.807, 2.05) is 0 Å². The molecule has 6 nitrogen and oxygen atoms in total. The molecule has 478 valence electrons. The summed E-state index contributed by atoms with van der Waals surface area (Å²) in [6.07, 6.45) is 86.0. The van der Waals surface area contributed by atoms with Crippen molar-refractivity contribution >= 4 is 11.9 Å². The van der Waals surface area contributed by atoms with Crippen LogP contribution in [0.1, 0.15) is 438 Å². The van der Waals surface area contributed by atoms with E-state index in [0.29, 0.717) is 25.9 Å². The minimum absolute atomic E-state index is 0.0235. The average molecular weight is 1130 g/mol. The first-order valence-corrected chi connectivity index (χ1v) is 37.3. The van der Waals surface area contributed by atoms with Crippen LogP contribution in [0.5, 0.6) is 0 Å². The molecule has 0 saturated heterocycles. The third-order valence-electron chi connectivity index (χ3n) is 17.9. The molecule has 0 rings (SSSR count). The summed E-state index contributed by atoms with van der Waals surface area (Å²) in [5.41, 5.74) is 0. The number of rotatable bonds is 71. The smallest absolute Gasteiger partial charge is 0.305 e. The number of unbranched alkanes of at least 4 members (excludes halogenated alkanes) is 60. The van der Waals surface area contributed by atoms with Gasteiger partial charge in [0.1, 0.15) is 0 Å². The number of hydrogen-bond acceptors (Lipinski definition) is 5. The first-order valence-electron chi connectivity index (χ1n) is 37.3. The fourth-order valence-electron chi connectivity index (χ4n) is 12.2. The van der Waals surface area contributed by atoms with Gasteiger partial charge in [-0.15, -0.1) is 0 Å². The van der Waals surface area contributed by atoms with Crippen LogP contribution >= 0.6 is 0 Å². The number of carbonyl (C=O) groups excluding carboxylic acids is 2. The monoisotopic (exact) mass is 1130 g/mol. The molecule has 0 aliphatic heterocycles. The molecule has 0 bridgehead atoms. The number of nitrogens with one attached hydrogen (secondary N) is 1. The number of aliphatic hydroxyl groups excluding tert-OH is 2. The van der Waals surface area contributed by atoms with Gasteiger partial charge in [0.2, 0.25) is 5.91 Å². The summed E-state index contributed by atoms with van der Waals surface area (Å²) >= 11 is 0. The highest BCUT2D eigenvalue weighted by atomic mass is 16.5. The van der Waals surface area contributed by atoms with Crippen molar-refractivity contribution in [1.29, 1.82) is 0 Å². The molecule has 1 amide bonds. The Balaban J connectivity index is 3.32. The van der Waals surface area contributed by atoms with Gasteiger partial charge >= 0.3 is 5.97 Å². The predicted octanol–water partition coefficient (Wildman–Crippen LogP) is 24.2. The van der Waals surface area contributed by atoms with E-state index in [1.165, 1.54) is 366 Å². The first-order chi connectivity index (χ1) is 39.5. The molecule has 0 radical (unpaired) electrons. The van der Waals surface area contributed by atoms with Crippen molar-refractivity contribution in [3.05, 3.63) is 0 Å². The van der Waals surface area contributed by atoms with Gasteiger partial charge in [0, 0.05) is 12.8 Å². The van der Waals surface area contributed by atoms with Crippen LogP contribution in [-0.4, -0.2) is 47.4 Å². The quantitative estimate of drug-likeness (QED) is 0.0417. The Bertz CT molecular complexity index is 1160. The van der Waals surface area contributed by atoms with Gasteiger partial charge in [0.05, 0.1) is 25.4 Å². The van der Waals surface area contributed by atoms with Crippen LogP contribution in [0.15, 0.2) is 0 Å². The lowest BCUT2D eigenvalue weighted by atomic mass is 10.0. The van der Waals surface area contributed by atoms with E-state index in [0.717, 1.165) is 38.5 Å². The molecule has 0 aromatic heterocycles. The van der Waals surface area contributed by atoms with Crippen LogP contribution in [-0.2, 0) is 14.3 Å². The molecule has 2 atom stereocenters. The molecule has 0 aromatic rings. The minimum atomic E-state index is -0.661. The van der Waals surface area contributed by atoms with Gasteiger partial charge in [-0.1, -0.05) is 399 Å². The van der Waals surface area contributed by atoms with Gasteiger partial charge in [-0.2, -0.15) is 0 Å². The van der Waals surface area contributed by atoms with Gasteiger partial charge in [-0.3, -0.25) is 9.59 Å². The van der Waals surface area contributed by atoms with Crippen molar-refractivity contribution in [3.8, 4) is 0 Å². The average Bonchev–Trinajstić information content (AvgIpc) is 3.46. The second kappa shape index (κ2) is 70.3. The topological polar surface area (TPSA) is 95.9 Å². The summed E-state index contributed by atoms with van der Waals surface area (Å²) in [5.74, 6) is -0.00189. The lowest BCUT2D eigenvalue weighted by Crippen LogP contribution is -2.45. The number of esters is 1. The molecule has 0 fully saturated rings. The number of aliphatic hydroxyl groups is 2. The first kappa shape index (κ1) is 78.9. The van der Waals surface area contributed by atoms with Crippen molar-refractivity contribution in [1.82, 2.24) is 5.32 Å². The van der Waals surface area contributed by atoms with Crippen molar-refractivity contribution in [2.75, 3.05) is 13.2 Å². The number of hydrogen-bond donors (Lipinski definition) is 3. The van der Waals surface area contributed by atoms with E-state index in [2.05, 4.69) is 19.2 Å². The maximum atomic E-state index is 12.5. The number of amides is 1. The largest absolute Gasteiger partial charge is 0.466 e. The Hall–Kier alpha value is -1.14. The fraction of sp³-hybridized carbons (Fsp3) is 0.973. The summed E-state index contributed by atoms with van der Waals surface area (Å²) in [4.78, 5) is 24.6. The standard InChI is InChI=1S/C74H147NO5/c1-3-5-7-9-11-13-15-17-18-19-33-36-39-43-46-50-54-58-62-66-72(77)71(70-76)75-73(78)67-63-59-55-51-47-44-40-37-34-31-29-27-25-23-21-20-22-24-26-28-30-32-35-38-41-45-49-53-57-61-65-69-80-74(79)68-64-60-56-52-48-42-16-14-12-10-8-6-4-2/h71-72,76-77H,3-70H2,1-2H3,(H,75,78). The molecule has 0 aliphatic carbocycles. The number of ether oxygens (including phenoxy) is 1. The molecule has 0 spiro atoms. The lowest BCUT2D eigenvalue weighted by molar-refractivity contribution is -0.143. The molecule has 2 unspecified atom stereocenters. The van der Waals surface area contributed by atoms with Crippen molar-refractivity contribution in [3.63, 3.8) is 0 Å². The van der Waals surface area contributed by atoms with Gasteiger partial charge in [0.25, 0.3) is 0 Å². The zero-order valence-corrected chi connectivity index (χ0v) is 54.9. The van der Waals surface area contributed by atoms with Crippen LogP contribution in [0.4, 0.5) is 0 Å². The van der Waals surface area contributed by atoms with E-state index in [4.69, 9.17) is 4.74 Å². The van der Waals surface area contributed by atoms with Crippen LogP contribution in [0.25, 0.3) is 0 Å². The maximum Gasteiger partial charge on any atom is 0.305 e. The highest BCUT2D eigenvalue weighted by molar-refractivity contribution is 5.76. The van der Waals surface area contributed by atoms with Crippen molar-refractivity contribution in [2.24, 2.45) is 0 Å². The third-order valence-corrected chi connectivity index (χ3v) is 17.9. The minimum Gasteiger partial charge on any atom is -0.466 e. The Kier molecular flexibility index (Phi) is 69.3. The van der Waals surface area contributed by atoms with Crippen molar-refractivity contribution in [2.45, 2.75) is 450 Å². The van der Waals surface area contributed by atoms with Gasteiger partial charge in [-0.05, 0) is 25.7 Å². The molecular weight excluding hydrogens is 983 g/mol. The normalized spacial score (nSPS) is 12.4. The Morgan fingerprint density at radius 1 is 0.300 bits per heavy atom. The molecule has 0 aromatic carbocycles. The summed E-state index contributed by atoms with van der Waals surface area (Å²) in [6, 6.07) is -0.538. The Labute approximate surface area is 502 Å². The van der Waals surface area contributed by atoms with Crippen LogP contribution in [0.3, 0.4) is 0 Å². The Morgan fingerprint density at radius 3 is 0.762 bits per heavy atom.